The minimum atomic E-state index is -1.49. The lowest BCUT2D eigenvalue weighted by molar-refractivity contribution is -0.144. The molecule has 0 bridgehead atoms. The van der Waals surface area contributed by atoms with Crippen molar-refractivity contribution in [1.29, 1.82) is 0 Å². The molecular weight excluding hydrogens is 427 g/mol. The van der Waals surface area contributed by atoms with Crippen LogP contribution in [0.2, 0.25) is 10.0 Å². The van der Waals surface area contributed by atoms with Crippen molar-refractivity contribution >= 4 is 29.2 Å². The number of hydrogen-bond donors (Lipinski definition) is 2. The zero-order chi connectivity index (χ0) is 21.6. The topological polar surface area (TPSA) is 89.3 Å². The summed E-state index contributed by atoms with van der Waals surface area (Å²) in [5.74, 6) is -0.434. The molecule has 30 heavy (non-hydrogen) atoms. The van der Waals surface area contributed by atoms with Gasteiger partial charge in [-0.2, -0.15) is 5.10 Å². The van der Waals surface area contributed by atoms with Gasteiger partial charge in [-0.1, -0.05) is 59.6 Å². The number of aromatic nitrogens is 3. The van der Waals surface area contributed by atoms with Crippen LogP contribution in [-0.2, 0) is 28.3 Å². The molecule has 9 heteroatoms. The fraction of sp³-hybridized carbons (Fsp3) is 0.286. The highest BCUT2D eigenvalue weighted by atomic mass is 35.5. The Morgan fingerprint density at radius 3 is 2.70 bits per heavy atom. The van der Waals surface area contributed by atoms with Crippen molar-refractivity contribution < 1.29 is 14.6 Å². The molecule has 0 radical (unpaired) electrons. The highest BCUT2D eigenvalue weighted by Crippen LogP contribution is 2.34. The number of aliphatic hydroxyl groups is 1. The van der Waals surface area contributed by atoms with Crippen LogP contribution in [0.3, 0.4) is 0 Å². The molecule has 3 aromatic rings. The van der Waals surface area contributed by atoms with Crippen molar-refractivity contribution in [1.82, 2.24) is 20.1 Å². The SMILES string of the molecule is C[C@@H](NCC(=O)OCc1ccccc1)[C@](O)(Cn1cncn1)c1ccc(Cl)cc1Cl. The molecular formula is C21H22Cl2N4O3. The van der Waals surface area contributed by atoms with E-state index in [9.17, 15) is 9.90 Å². The van der Waals surface area contributed by atoms with Crippen LogP contribution in [0.1, 0.15) is 18.1 Å². The summed E-state index contributed by atoms with van der Waals surface area (Å²) in [6.45, 7) is 1.93. The molecule has 0 saturated heterocycles. The van der Waals surface area contributed by atoms with Gasteiger partial charge in [-0.05, 0) is 24.6 Å². The summed E-state index contributed by atoms with van der Waals surface area (Å²) in [6.07, 6.45) is 2.87. The predicted molar refractivity (Wildman–Crippen MR) is 114 cm³/mol. The zero-order valence-corrected chi connectivity index (χ0v) is 17.8. The van der Waals surface area contributed by atoms with Gasteiger partial charge in [-0.25, -0.2) is 9.67 Å². The number of carbonyl (C=O) groups is 1. The maximum atomic E-state index is 12.2. The molecule has 0 aliphatic rings. The molecule has 0 aliphatic carbocycles. The maximum absolute atomic E-state index is 12.2. The lowest BCUT2D eigenvalue weighted by Crippen LogP contribution is -2.51. The van der Waals surface area contributed by atoms with E-state index < -0.39 is 17.6 Å². The first kappa shape index (κ1) is 22.2. The molecule has 2 aromatic carbocycles. The molecule has 158 valence electrons. The summed E-state index contributed by atoms with van der Waals surface area (Å²) in [4.78, 5) is 16.1. The van der Waals surface area contributed by atoms with Gasteiger partial charge in [0.05, 0.1) is 13.1 Å². The monoisotopic (exact) mass is 448 g/mol. The Labute approximate surface area is 184 Å². The largest absolute Gasteiger partial charge is 0.460 e. The van der Waals surface area contributed by atoms with E-state index in [0.717, 1.165) is 5.56 Å². The maximum Gasteiger partial charge on any atom is 0.320 e. The van der Waals surface area contributed by atoms with Gasteiger partial charge in [0.1, 0.15) is 24.9 Å². The molecule has 0 amide bonds. The summed E-state index contributed by atoms with van der Waals surface area (Å²) >= 11 is 12.4. The number of halogens is 2. The lowest BCUT2D eigenvalue weighted by Gasteiger charge is -2.35. The van der Waals surface area contributed by atoms with Crippen molar-refractivity contribution in [3.8, 4) is 0 Å². The van der Waals surface area contributed by atoms with Crippen LogP contribution in [-0.4, -0.2) is 38.4 Å². The highest BCUT2D eigenvalue weighted by molar-refractivity contribution is 6.35. The Morgan fingerprint density at radius 2 is 2.03 bits per heavy atom. The first-order chi connectivity index (χ1) is 14.4. The van der Waals surface area contributed by atoms with Crippen LogP contribution in [0.25, 0.3) is 0 Å². The van der Waals surface area contributed by atoms with Crippen molar-refractivity contribution in [3.63, 3.8) is 0 Å². The fourth-order valence-corrected chi connectivity index (χ4v) is 3.62. The van der Waals surface area contributed by atoms with E-state index in [1.54, 1.807) is 25.1 Å². The summed E-state index contributed by atoms with van der Waals surface area (Å²) in [5, 5.41) is 19.5. The third-order valence-corrected chi connectivity index (χ3v) is 5.33. The molecule has 3 rings (SSSR count). The van der Waals surface area contributed by atoms with Crippen molar-refractivity contribution in [2.24, 2.45) is 0 Å². The highest BCUT2D eigenvalue weighted by Gasteiger charge is 2.38. The number of rotatable bonds is 9. The van der Waals surface area contributed by atoms with Gasteiger partial charge < -0.3 is 15.2 Å². The lowest BCUT2D eigenvalue weighted by atomic mass is 9.86. The van der Waals surface area contributed by atoms with E-state index in [4.69, 9.17) is 27.9 Å². The number of benzene rings is 2. The minimum Gasteiger partial charge on any atom is -0.460 e. The number of nitrogens with zero attached hydrogens (tertiary/aromatic N) is 3. The molecule has 1 aromatic heterocycles. The standard InChI is InChI=1S/C21H22Cl2N4O3/c1-15(25-10-20(28)30-11-16-5-3-2-4-6-16)21(29,12-27-14-24-13-26-27)18-8-7-17(22)9-19(18)23/h2-9,13-15,25,29H,10-12H2,1H3/t15-,21-/m1/s1. The average molecular weight is 449 g/mol. The van der Waals surface area contributed by atoms with E-state index in [0.29, 0.717) is 15.6 Å². The zero-order valence-electron chi connectivity index (χ0n) is 16.3. The first-order valence-corrected chi connectivity index (χ1v) is 10.1. The van der Waals surface area contributed by atoms with Gasteiger partial charge >= 0.3 is 5.97 Å². The van der Waals surface area contributed by atoms with E-state index in [-0.39, 0.29) is 19.7 Å². The summed E-state index contributed by atoms with van der Waals surface area (Å²) < 4.78 is 6.78. The van der Waals surface area contributed by atoms with Gasteiger partial charge in [0.2, 0.25) is 0 Å². The molecule has 0 unspecified atom stereocenters. The Hall–Kier alpha value is -2.45. The normalized spacial score (nSPS) is 14.1. The van der Waals surface area contributed by atoms with Crippen molar-refractivity contribution in [2.75, 3.05) is 6.54 Å². The Morgan fingerprint density at radius 1 is 1.27 bits per heavy atom. The third-order valence-electron chi connectivity index (χ3n) is 4.78. The van der Waals surface area contributed by atoms with Crippen LogP contribution in [0.4, 0.5) is 0 Å². The summed E-state index contributed by atoms with van der Waals surface area (Å²) in [5.41, 5.74) is -0.133. The number of hydrogen-bond acceptors (Lipinski definition) is 6. The van der Waals surface area contributed by atoms with E-state index in [2.05, 4.69) is 15.4 Å². The average Bonchev–Trinajstić information content (AvgIpc) is 3.23. The van der Waals surface area contributed by atoms with Crippen molar-refractivity contribution in [2.45, 2.75) is 31.7 Å². The molecule has 0 spiro atoms. The second-order valence-electron chi connectivity index (χ2n) is 6.89. The number of nitrogens with one attached hydrogen (secondary N) is 1. The van der Waals surface area contributed by atoms with Gasteiger partial charge in [0, 0.05) is 21.7 Å². The first-order valence-electron chi connectivity index (χ1n) is 9.32. The second-order valence-corrected chi connectivity index (χ2v) is 7.73. The third kappa shape index (κ3) is 5.58. The Balaban J connectivity index is 1.70. The quantitative estimate of drug-likeness (QED) is 0.488. The van der Waals surface area contributed by atoms with Gasteiger partial charge in [-0.3, -0.25) is 4.79 Å². The van der Waals surface area contributed by atoms with E-state index in [1.165, 1.54) is 17.3 Å². The van der Waals surface area contributed by atoms with Gasteiger partial charge in [-0.15, -0.1) is 0 Å². The number of esters is 1. The van der Waals surface area contributed by atoms with Crippen molar-refractivity contribution in [3.05, 3.63) is 82.4 Å². The number of carbonyl (C=O) groups excluding carboxylic acids is 1. The molecule has 1 heterocycles. The minimum absolute atomic E-state index is 0.0710. The van der Waals surface area contributed by atoms with Crippen LogP contribution in [0.15, 0.2) is 61.2 Å². The van der Waals surface area contributed by atoms with Crippen LogP contribution < -0.4 is 5.32 Å². The van der Waals surface area contributed by atoms with Gasteiger partial charge in [0.15, 0.2) is 0 Å². The second kappa shape index (κ2) is 10.0. The molecule has 0 saturated carbocycles. The van der Waals surface area contributed by atoms with E-state index in [1.807, 2.05) is 30.3 Å². The van der Waals surface area contributed by atoms with E-state index >= 15 is 0 Å². The molecule has 2 N–H and O–H groups in total. The number of ether oxygens (including phenoxy) is 1. The molecule has 7 nitrogen and oxygen atoms in total. The summed E-state index contributed by atoms with van der Waals surface area (Å²) in [6, 6.07) is 13.7. The molecule has 0 aliphatic heterocycles. The fourth-order valence-electron chi connectivity index (χ4n) is 3.05. The van der Waals surface area contributed by atoms with Crippen LogP contribution in [0.5, 0.6) is 0 Å². The molecule has 2 atom stereocenters. The molecule has 0 fully saturated rings. The Kier molecular flexibility index (Phi) is 7.44. The summed E-state index contributed by atoms with van der Waals surface area (Å²) in [7, 11) is 0. The van der Waals surface area contributed by atoms with Crippen LogP contribution >= 0.6 is 23.2 Å². The smallest absolute Gasteiger partial charge is 0.320 e. The van der Waals surface area contributed by atoms with Gasteiger partial charge in [0.25, 0.3) is 0 Å². The predicted octanol–water partition coefficient (Wildman–Crippen LogP) is 3.19. The Bertz CT molecular complexity index is 970. The van der Waals surface area contributed by atoms with Crippen LogP contribution in [0, 0.1) is 0 Å².